The van der Waals surface area contributed by atoms with Crippen molar-refractivity contribution in [1.82, 2.24) is 10.1 Å². The van der Waals surface area contributed by atoms with Gasteiger partial charge >= 0.3 is 0 Å². The molecule has 3 rings (SSSR count). The Hall–Kier alpha value is -2.67. The number of nitrogens with zero attached hydrogens (tertiary/aromatic N) is 2. The van der Waals surface area contributed by atoms with E-state index in [0.29, 0.717) is 12.4 Å². The van der Waals surface area contributed by atoms with Crippen LogP contribution in [0.3, 0.4) is 0 Å². The van der Waals surface area contributed by atoms with Gasteiger partial charge in [-0.2, -0.15) is 0 Å². The minimum atomic E-state index is -0.121. The molecule has 2 aromatic heterocycles. The van der Waals surface area contributed by atoms with E-state index in [4.69, 9.17) is 9.26 Å². The number of hydrogen-bond acceptors (Lipinski definition) is 5. The van der Waals surface area contributed by atoms with E-state index in [-0.39, 0.29) is 12.3 Å². The molecular weight excluding hydrogens is 398 g/mol. The third kappa shape index (κ3) is 4.70. The van der Waals surface area contributed by atoms with Gasteiger partial charge in [0.05, 0.1) is 17.7 Å². The average Bonchev–Trinajstić information content (AvgIpc) is 2.94. The fourth-order valence-electron chi connectivity index (χ4n) is 2.39. The highest BCUT2D eigenvalue weighted by molar-refractivity contribution is 9.10. The number of rotatable bonds is 6. The summed E-state index contributed by atoms with van der Waals surface area (Å²) in [5.74, 6) is 1.89. The van der Waals surface area contributed by atoms with Gasteiger partial charge in [0, 0.05) is 10.7 Å². The topological polar surface area (TPSA) is 77.2 Å². The first-order valence-electron chi connectivity index (χ1n) is 8.06. The van der Waals surface area contributed by atoms with Crippen molar-refractivity contribution in [3.63, 3.8) is 0 Å². The van der Waals surface area contributed by atoms with Crippen LogP contribution in [0, 0.1) is 13.8 Å². The summed E-state index contributed by atoms with van der Waals surface area (Å²) in [6.07, 6.45) is 1.91. The standard InChI is InChI=1S/C19H18BrN3O3/c1-12-17(13(2)26-23-12)11-25-16-6-3-14(4-7-16)9-19(24)22-18-8-5-15(20)10-21-18/h3-8,10H,9,11H2,1-2H3,(H,21,22,24). The number of anilines is 1. The van der Waals surface area contributed by atoms with E-state index in [9.17, 15) is 4.79 Å². The highest BCUT2D eigenvalue weighted by Crippen LogP contribution is 2.18. The molecule has 0 saturated carbocycles. The van der Waals surface area contributed by atoms with E-state index in [1.165, 1.54) is 0 Å². The molecule has 0 fully saturated rings. The fraction of sp³-hybridized carbons (Fsp3) is 0.211. The van der Waals surface area contributed by atoms with E-state index in [1.807, 2.05) is 44.2 Å². The van der Waals surface area contributed by atoms with Crippen molar-refractivity contribution in [2.75, 3.05) is 5.32 Å². The number of nitrogens with one attached hydrogen (secondary N) is 1. The molecule has 1 N–H and O–H groups in total. The van der Waals surface area contributed by atoms with Crippen molar-refractivity contribution in [3.05, 3.63) is 69.6 Å². The quantitative estimate of drug-likeness (QED) is 0.652. The molecule has 0 atom stereocenters. The minimum Gasteiger partial charge on any atom is -0.489 e. The summed E-state index contributed by atoms with van der Waals surface area (Å²) in [7, 11) is 0. The van der Waals surface area contributed by atoms with Crippen LogP contribution in [0.5, 0.6) is 5.75 Å². The maximum atomic E-state index is 12.1. The Bertz CT molecular complexity index is 870. The Labute approximate surface area is 159 Å². The lowest BCUT2D eigenvalue weighted by Gasteiger charge is -2.08. The van der Waals surface area contributed by atoms with Crippen molar-refractivity contribution in [1.29, 1.82) is 0 Å². The molecule has 26 heavy (non-hydrogen) atoms. The summed E-state index contributed by atoms with van der Waals surface area (Å²) in [6, 6.07) is 11.0. The van der Waals surface area contributed by atoms with Crippen LogP contribution in [-0.4, -0.2) is 16.0 Å². The lowest BCUT2D eigenvalue weighted by atomic mass is 10.1. The molecule has 0 aliphatic rings. The number of ether oxygens (including phenoxy) is 1. The number of pyridine rings is 1. The third-order valence-corrected chi connectivity index (χ3v) is 4.32. The largest absolute Gasteiger partial charge is 0.489 e. The van der Waals surface area contributed by atoms with E-state index in [1.54, 1.807) is 12.3 Å². The summed E-state index contributed by atoms with van der Waals surface area (Å²) in [5.41, 5.74) is 2.68. The second-order valence-electron chi connectivity index (χ2n) is 5.82. The van der Waals surface area contributed by atoms with Crippen molar-refractivity contribution in [2.24, 2.45) is 0 Å². The molecule has 0 aliphatic heterocycles. The Morgan fingerprint density at radius 2 is 1.96 bits per heavy atom. The van der Waals surface area contributed by atoms with Gasteiger partial charge in [0.1, 0.15) is 23.9 Å². The summed E-state index contributed by atoms with van der Waals surface area (Å²) in [5, 5.41) is 6.68. The van der Waals surface area contributed by atoms with Crippen molar-refractivity contribution in [3.8, 4) is 5.75 Å². The van der Waals surface area contributed by atoms with Crippen LogP contribution in [0.25, 0.3) is 0 Å². The molecular formula is C19H18BrN3O3. The van der Waals surface area contributed by atoms with E-state index < -0.39 is 0 Å². The van der Waals surface area contributed by atoms with Crippen LogP contribution in [0.2, 0.25) is 0 Å². The summed E-state index contributed by atoms with van der Waals surface area (Å²) in [4.78, 5) is 16.2. The number of carbonyl (C=O) groups excluding carboxylic acids is 1. The zero-order valence-electron chi connectivity index (χ0n) is 14.5. The van der Waals surface area contributed by atoms with Crippen LogP contribution in [0.1, 0.15) is 22.6 Å². The van der Waals surface area contributed by atoms with Crippen molar-refractivity contribution >= 4 is 27.7 Å². The molecule has 0 unspecified atom stereocenters. The zero-order valence-corrected chi connectivity index (χ0v) is 16.0. The predicted octanol–water partition coefficient (Wildman–Crippen LogP) is 4.21. The van der Waals surface area contributed by atoms with E-state index >= 15 is 0 Å². The van der Waals surface area contributed by atoms with Gasteiger partial charge in [-0.05, 0) is 59.6 Å². The zero-order chi connectivity index (χ0) is 18.5. The van der Waals surface area contributed by atoms with Crippen molar-refractivity contribution in [2.45, 2.75) is 26.9 Å². The SMILES string of the molecule is Cc1noc(C)c1COc1ccc(CC(=O)Nc2ccc(Br)cn2)cc1. The van der Waals surface area contributed by atoms with Crippen LogP contribution in [0.4, 0.5) is 5.82 Å². The average molecular weight is 416 g/mol. The lowest BCUT2D eigenvalue weighted by Crippen LogP contribution is -2.15. The number of amides is 1. The number of carbonyl (C=O) groups is 1. The Morgan fingerprint density at radius 3 is 2.58 bits per heavy atom. The molecule has 0 saturated heterocycles. The maximum Gasteiger partial charge on any atom is 0.229 e. The Morgan fingerprint density at radius 1 is 1.19 bits per heavy atom. The molecule has 1 amide bonds. The second kappa shape index (κ2) is 8.14. The molecule has 0 spiro atoms. The molecule has 0 radical (unpaired) electrons. The fourth-order valence-corrected chi connectivity index (χ4v) is 2.62. The highest BCUT2D eigenvalue weighted by Gasteiger charge is 2.10. The van der Waals surface area contributed by atoms with Gasteiger partial charge in [0.25, 0.3) is 0 Å². The van der Waals surface area contributed by atoms with E-state index in [0.717, 1.165) is 32.8 Å². The normalized spacial score (nSPS) is 10.6. The second-order valence-corrected chi connectivity index (χ2v) is 6.74. The first-order valence-corrected chi connectivity index (χ1v) is 8.85. The summed E-state index contributed by atoms with van der Waals surface area (Å²) < 4.78 is 11.7. The molecule has 0 bridgehead atoms. The lowest BCUT2D eigenvalue weighted by molar-refractivity contribution is -0.115. The molecule has 6 nitrogen and oxygen atoms in total. The highest BCUT2D eigenvalue weighted by atomic mass is 79.9. The Balaban J connectivity index is 1.54. The number of aryl methyl sites for hydroxylation is 2. The van der Waals surface area contributed by atoms with Gasteiger partial charge in [-0.15, -0.1) is 0 Å². The monoisotopic (exact) mass is 415 g/mol. The van der Waals surface area contributed by atoms with Crippen LogP contribution >= 0.6 is 15.9 Å². The maximum absolute atomic E-state index is 12.1. The molecule has 3 aromatic rings. The van der Waals surface area contributed by atoms with Gasteiger partial charge in [0.15, 0.2) is 0 Å². The summed E-state index contributed by atoms with van der Waals surface area (Å²) in [6.45, 7) is 4.15. The Kier molecular flexibility index (Phi) is 5.68. The first-order chi connectivity index (χ1) is 12.5. The molecule has 1 aromatic carbocycles. The van der Waals surface area contributed by atoms with E-state index in [2.05, 4.69) is 31.4 Å². The van der Waals surface area contributed by atoms with Crippen LogP contribution in [-0.2, 0) is 17.8 Å². The number of halogens is 1. The van der Waals surface area contributed by atoms with Gasteiger partial charge < -0.3 is 14.6 Å². The number of hydrogen-bond donors (Lipinski definition) is 1. The molecule has 134 valence electrons. The van der Waals surface area contributed by atoms with Gasteiger partial charge in [-0.25, -0.2) is 4.98 Å². The third-order valence-electron chi connectivity index (χ3n) is 3.85. The van der Waals surface area contributed by atoms with Gasteiger partial charge in [-0.1, -0.05) is 17.3 Å². The van der Waals surface area contributed by atoms with Crippen LogP contribution < -0.4 is 10.1 Å². The van der Waals surface area contributed by atoms with Gasteiger partial charge in [0.2, 0.25) is 5.91 Å². The number of benzene rings is 1. The predicted molar refractivity (Wildman–Crippen MR) is 101 cm³/mol. The molecule has 2 heterocycles. The molecule has 7 heteroatoms. The summed E-state index contributed by atoms with van der Waals surface area (Å²) >= 11 is 3.31. The first kappa shape index (κ1) is 18.1. The van der Waals surface area contributed by atoms with Gasteiger partial charge in [-0.3, -0.25) is 4.79 Å². The smallest absolute Gasteiger partial charge is 0.229 e. The minimum absolute atomic E-state index is 0.121. The van der Waals surface area contributed by atoms with Crippen LogP contribution in [0.15, 0.2) is 51.6 Å². The van der Waals surface area contributed by atoms with Crippen molar-refractivity contribution < 1.29 is 14.1 Å². The number of aromatic nitrogens is 2. The molecule has 0 aliphatic carbocycles.